The van der Waals surface area contributed by atoms with E-state index >= 15 is 0 Å². The molecule has 1 saturated carbocycles. The number of hydrogen-bond donors (Lipinski definition) is 0. The molecule has 118 valence electrons. The molecule has 0 radical (unpaired) electrons. The van der Waals surface area contributed by atoms with Crippen molar-refractivity contribution in [1.29, 1.82) is 0 Å². The van der Waals surface area contributed by atoms with Gasteiger partial charge in [-0.1, -0.05) is 37.3 Å². The minimum Gasteiger partial charge on any atom is -0.376 e. The monoisotopic (exact) mass is 300 g/mol. The highest BCUT2D eigenvalue weighted by molar-refractivity contribution is 5.84. The second-order valence-corrected chi connectivity index (χ2v) is 7.36. The number of benzene rings is 1. The van der Waals surface area contributed by atoms with Crippen LogP contribution >= 0.6 is 0 Å². The predicted molar refractivity (Wildman–Crippen MR) is 83.4 cm³/mol. The molecule has 1 aromatic rings. The third-order valence-corrected chi connectivity index (χ3v) is 6.27. The van der Waals surface area contributed by atoms with Crippen LogP contribution in [0.2, 0.25) is 0 Å². The third kappa shape index (κ3) is 1.99. The summed E-state index contributed by atoms with van der Waals surface area (Å²) in [5, 5.41) is 0. The van der Waals surface area contributed by atoms with Crippen LogP contribution in [0.15, 0.2) is 30.3 Å². The molecule has 22 heavy (non-hydrogen) atoms. The summed E-state index contributed by atoms with van der Waals surface area (Å²) in [6, 6.07) is 10.3. The van der Waals surface area contributed by atoms with Gasteiger partial charge in [0.2, 0.25) is 0 Å². The van der Waals surface area contributed by atoms with Crippen LogP contribution in [-0.4, -0.2) is 24.1 Å². The summed E-state index contributed by atoms with van der Waals surface area (Å²) >= 11 is 0. The number of fused-ring (bicyclic) bond motifs is 1. The van der Waals surface area contributed by atoms with Crippen LogP contribution in [0, 0.1) is 11.3 Å². The Kier molecular flexibility index (Phi) is 3.39. The Morgan fingerprint density at radius 2 is 2.09 bits per heavy atom. The van der Waals surface area contributed by atoms with E-state index in [1.807, 2.05) is 18.2 Å². The minimum atomic E-state index is -0.170. The molecule has 3 nitrogen and oxygen atoms in total. The Labute approximate surface area is 132 Å². The van der Waals surface area contributed by atoms with Gasteiger partial charge in [-0.15, -0.1) is 0 Å². The van der Waals surface area contributed by atoms with E-state index in [1.54, 1.807) is 0 Å². The van der Waals surface area contributed by atoms with E-state index < -0.39 is 0 Å². The summed E-state index contributed by atoms with van der Waals surface area (Å²) in [5.41, 5.74) is 1.15. The van der Waals surface area contributed by atoms with Gasteiger partial charge in [0, 0.05) is 11.8 Å². The van der Waals surface area contributed by atoms with E-state index in [1.165, 1.54) is 12.0 Å². The molecular formula is C19H24O3. The lowest BCUT2D eigenvalue weighted by Gasteiger charge is -2.42. The Morgan fingerprint density at radius 3 is 2.91 bits per heavy atom. The van der Waals surface area contributed by atoms with Crippen LogP contribution in [0.4, 0.5) is 0 Å². The van der Waals surface area contributed by atoms with Crippen molar-refractivity contribution in [2.24, 2.45) is 11.3 Å². The van der Waals surface area contributed by atoms with Crippen molar-refractivity contribution in [2.45, 2.75) is 57.3 Å². The second-order valence-electron chi connectivity index (χ2n) is 7.36. The molecule has 3 fully saturated rings. The van der Waals surface area contributed by atoms with Gasteiger partial charge in [0.05, 0.1) is 18.8 Å². The summed E-state index contributed by atoms with van der Waals surface area (Å²) in [6.45, 7) is 3.65. The molecule has 0 N–H and O–H groups in total. The molecule has 2 saturated heterocycles. The van der Waals surface area contributed by atoms with Gasteiger partial charge in [0.25, 0.3) is 0 Å². The van der Waals surface area contributed by atoms with Gasteiger partial charge in [-0.05, 0) is 37.2 Å². The van der Waals surface area contributed by atoms with Crippen molar-refractivity contribution in [2.75, 3.05) is 6.61 Å². The molecule has 3 aliphatic rings. The van der Waals surface area contributed by atoms with Crippen molar-refractivity contribution in [3.8, 4) is 0 Å². The average Bonchev–Trinajstić information content (AvgIpc) is 2.95. The zero-order chi connectivity index (χ0) is 15.2. The molecule has 2 aliphatic heterocycles. The number of carbonyl (C=O) groups is 1. The lowest BCUT2D eigenvalue weighted by molar-refractivity contribution is -0.162. The number of carbonyl (C=O) groups excluding carboxylic acids is 1. The highest BCUT2D eigenvalue weighted by Gasteiger charge is 2.67. The topological polar surface area (TPSA) is 35.5 Å². The fourth-order valence-electron chi connectivity index (χ4n) is 5.04. The maximum atomic E-state index is 12.1. The van der Waals surface area contributed by atoms with Crippen LogP contribution in [0.5, 0.6) is 0 Å². The van der Waals surface area contributed by atoms with Gasteiger partial charge in [0.1, 0.15) is 6.10 Å². The summed E-state index contributed by atoms with van der Waals surface area (Å²) in [7, 11) is 0. The van der Waals surface area contributed by atoms with Gasteiger partial charge >= 0.3 is 0 Å². The maximum Gasteiger partial charge on any atom is 0.161 e. The molecule has 0 unspecified atom stereocenters. The Balaban J connectivity index is 1.51. The molecule has 1 spiro atoms. The van der Waals surface area contributed by atoms with E-state index in [2.05, 4.69) is 19.1 Å². The molecule has 1 aliphatic carbocycles. The first kappa shape index (κ1) is 14.4. The number of hydrogen-bond acceptors (Lipinski definition) is 3. The third-order valence-electron chi connectivity index (χ3n) is 6.27. The lowest BCUT2D eigenvalue weighted by atomic mass is 9.70. The number of ketones is 1. The zero-order valence-corrected chi connectivity index (χ0v) is 13.2. The van der Waals surface area contributed by atoms with Crippen molar-refractivity contribution < 1.29 is 14.3 Å². The zero-order valence-electron chi connectivity index (χ0n) is 13.2. The first-order chi connectivity index (χ1) is 10.7. The summed E-state index contributed by atoms with van der Waals surface area (Å²) in [5.74, 6) is 0.834. The largest absolute Gasteiger partial charge is 0.376 e. The summed E-state index contributed by atoms with van der Waals surface area (Å²) in [4.78, 5) is 12.1. The van der Waals surface area contributed by atoms with Crippen LogP contribution in [0.3, 0.4) is 0 Å². The normalized spacial score (nSPS) is 40.0. The molecule has 1 aromatic carbocycles. The molecule has 4 atom stereocenters. The van der Waals surface area contributed by atoms with Crippen molar-refractivity contribution >= 4 is 5.78 Å². The Hall–Kier alpha value is -1.19. The lowest BCUT2D eigenvalue weighted by Crippen LogP contribution is -2.49. The van der Waals surface area contributed by atoms with Gasteiger partial charge in [-0.25, -0.2) is 0 Å². The number of Topliss-reactive ketones (excluding diaryl/α,β-unsaturated/α-hetero) is 1. The van der Waals surface area contributed by atoms with E-state index in [-0.39, 0.29) is 17.1 Å². The van der Waals surface area contributed by atoms with Gasteiger partial charge < -0.3 is 9.47 Å². The highest BCUT2D eigenvalue weighted by Crippen LogP contribution is 2.63. The second kappa shape index (κ2) is 5.17. The van der Waals surface area contributed by atoms with Crippen LogP contribution < -0.4 is 0 Å². The Morgan fingerprint density at radius 1 is 1.27 bits per heavy atom. The maximum absolute atomic E-state index is 12.1. The van der Waals surface area contributed by atoms with Crippen LogP contribution in [0.25, 0.3) is 0 Å². The van der Waals surface area contributed by atoms with E-state index in [9.17, 15) is 4.79 Å². The SMILES string of the molecule is C[C@@H]1CC[C@]2(COCc3ccccc3)C[C@@H]3O[C@]12CCC3=O. The summed E-state index contributed by atoms with van der Waals surface area (Å²) in [6.07, 6.45) is 4.60. The van der Waals surface area contributed by atoms with Crippen LogP contribution in [-0.2, 0) is 20.9 Å². The molecule has 2 heterocycles. The number of ether oxygens (including phenoxy) is 2. The first-order valence-electron chi connectivity index (χ1n) is 8.47. The van der Waals surface area contributed by atoms with Crippen LogP contribution in [0.1, 0.15) is 44.6 Å². The van der Waals surface area contributed by atoms with Gasteiger partial charge in [0.15, 0.2) is 5.78 Å². The molecule has 3 heteroatoms. The molecular weight excluding hydrogens is 276 g/mol. The molecule has 2 bridgehead atoms. The fraction of sp³-hybridized carbons (Fsp3) is 0.632. The smallest absolute Gasteiger partial charge is 0.161 e. The Bertz CT molecular complexity index is 569. The summed E-state index contributed by atoms with van der Waals surface area (Å²) < 4.78 is 12.4. The van der Waals surface area contributed by atoms with E-state index in [0.717, 1.165) is 25.9 Å². The van der Waals surface area contributed by atoms with E-state index in [0.29, 0.717) is 24.7 Å². The van der Waals surface area contributed by atoms with Crippen molar-refractivity contribution in [1.82, 2.24) is 0 Å². The first-order valence-corrected chi connectivity index (χ1v) is 8.47. The standard InChI is InChI=1S/C19H24O3/c1-14-7-9-18(13-21-12-15-5-3-2-4-6-15)11-17-16(20)8-10-19(14,18)22-17/h2-6,14,17H,7-13H2,1H3/t14-,17+,18-,19-/m1/s1. The van der Waals surface area contributed by atoms with Gasteiger partial charge in [-0.2, -0.15) is 0 Å². The highest BCUT2D eigenvalue weighted by atomic mass is 16.5. The molecule has 4 rings (SSSR count). The quantitative estimate of drug-likeness (QED) is 0.853. The predicted octanol–water partition coefficient (Wildman–Crippen LogP) is 3.51. The number of rotatable bonds is 4. The van der Waals surface area contributed by atoms with Crippen molar-refractivity contribution in [3.05, 3.63) is 35.9 Å². The minimum absolute atomic E-state index is 0.0536. The molecule has 0 amide bonds. The fourth-order valence-corrected chi connectivity index (χ4v) is 5.04. The van der Waals surface area contributed by atoms with Crippen molar-refractivity contribution in [3.63, 3.8) is 0 Å². The average molecular weight is 300 g/mol. The van der Waals surface area contributed by atoms with Gasteiger partial charge in [-0.3, -0.25) is 4.79 Å². The molecule has 0 aromatic heterocycles. The van der Waals surface area contributed by atoms with E-state index in [4.69, 9.17) is 9.47 Å².